The number of ether oxygens (including phenoxy) is 7. The minimum Gasteiger partial charge on any atom is -0.508 e. The number of rotatable bonds is 14. The molecule has 7 aliphatic rings. The van der Waals surface area contributed by atoms with E-state index < -0.39 is 229 Å². The topological polar surface area (TPSA) is 475 Å². The number of halogens is 2. The summed E-state index contributed by atoms with van der Waals surface area (Å²) in [4.78, 5) is 120. The molecule has 5 aromatic carbocycles. The molecule has 105 heavy (non-hydrogen) atoms. The maximum Gasteiger partial charge on any atom is 0.410 e. The van der Waals surface area contributed by atoms with E-state index in [4.69, 9.17) is 67.8 Å². The van der Waals surface area contributed by atoms with E-state index in [1.807, 2.05) is 0 Å². The first-order valence-corrected chi connectivity index (χ1v) is 34.8. The summed E-state index contributed by atoms with van der Waals surface area (Å²) >= 11 is 14.3. The molecule has 2 saturated heterocycles. The molecule has 0 radical (unpaired) electrons. The average Bonchev–Trinajstić information content (AvgIpc) is 0.771. The van der Waals surface area contributed by atoms with Crippen molar-refractivity contribution < 1.29 is 117 Å². The number of likely N-dealkylation sites (N-methyl/N-ethyl adjacent to an activating group) is 1. The van der Waals surface area contributed by atoms with Gasteiger partial charge in [-0.25, -0.2) is 4.79 Å². The number of aliphatic hydroxyl groups is 6. The second kappa shape index (κ2) is 32.1. The predicted molar refractivity (Wildman–Crippen MR) is 371 cm³/mol. The van der Waals surface area contributed by atoms with Crippen LogP contribution < -0.4 is 41.6 Å². The van der Waals surface area contributed by atoms with Crippen molar-refractivity contribution in [1.82, 2.24) is 20.9 Å². The van der Waals surface area contributed by atoms with Crippen molar-refractivity contribution >= 4 is 70.3 Å². The fraction of sp³-hybridized carbons (Fsp3) is 0.479. The average molecular weight is 1500 g/mol. The fourth-order valence-corrected chi connectivity index (χ4v) is 14.2. The van der Waals surface area contributed by atoms with Gasteiger partial charge in [-0.15, -0.1) is 0 Å². The number of Topliss-reactive ketones (excluding diaryl/α,β-unsaturated/α-hetero) is 3. The van der Waals surface area contributed by atoms with E-state index in [1.54, 1.807) is 27.7 Å². The number of primary amides is 1. The van der Waals surface area contributed by atoms with Crippen molar-refractivity contribution in [2.45, 2.75) is 190 Å². The van der Waals surface area contributed by atoms with Crippen LogP contribution in [0.15, 0.2) is 78.9 Å². The number of carbonyl (C=O) groups is 8. The minimum absolute atomic E-state index is 0.0352. The number of carbonyl (C=O) groups excluding carboxylic acids is 8. The van der Waals surface area contributed by atoms with E-state index in [1.165, 1.54) is 76.3 Å². The second-order valence-corrected chi connectivity index (χ2v) is 29.1. The van der Waals surface area contributed by atoms with Gasteiger partial charge in [-0.3, -0.25) is 33.6 Å². The number of hydrogen-bond donors (Lipinski definition) is 14. The molecule has 18 atom stereocenters. The Morgan fingerprint density at radius 3 is 1.93 bits per heavy atom. The molecule has 32 heteroatoms. The Morgan fingerprint density at radius 2 is 1.34 bits per heavy atom. The van der Waals surface area contributed by atoms with Crippen molar-refractivity contribution in [2.75, 3.05) is 13.7 Å². The number of benzene rings is 5. The highest BCUT2D eigenvalue weighted by Crippen LogP contribution is 2.51. The van der Waals surface area contributed by atoms with Crippen LogP contribution in [0, 0.1) is 17.8 Å². The molecule has 0 saturated carbocycles. The highest BCUT2D eigenvalue weighted by molar-refractivity contribution is 6.32. The summed E-state index contributed by atoms with van der Waals surface area (Å²) in [6.07, 6.45) is -22.4. The van der Waals surface area contributed by atoms with Crippen molar-refractivity contribution in [1.29, 1.82) is 0 Å². The van der Waals surface area contributed by atoms with Crippen LogP contribution in [-0.4, -0.2) is 185 Å². The Morgan fingerprint density at radius 1 is 0.714 bits per heavy atom. The molecule has 2 fully saturated rings. The van der Waals surface area contributed by atoms with Gasteiger partial charge < -0.3 is 111 Å². The van der Waals surface area contributed by atoms with E-state index in [-0.39, 0.29) is 79.2 Å². The number of nitrogens with two attached hydrogens (primary N) is 2. The fourth-order valence-electron chi connectivity index (χ4n) is 13.8. The van der Waals surface area contributed by atoms with E-state index in [9.17, 15) is 65.1 Å². The minimum atomic E-state index is -2.03. The van der Waals surface area contributed by atoms with Gasteiger partial charge in [0.05, 0.1) is 89.5 Å². The smallest absolute Gasteiger partial charge is 0.410 e. The largest absolute Gasteiger partial charge is 0.508 e. The zero-order valence-corrected chi connectivity index (χ0v) is 59.9. The van der Waals surface area contributed by atoms with Crippen molar-refractivity contribution in [3.8, 4) is 57.1 Å². The van der Waals surface area contributed by atoms with Crippen LogP contribution in [-0.2, 0) is 52.5 Å². The van der Waals surface area contributed by atoms with Crippen molar-refractivity contribution in [2.24, 2.45) is 29.2 Å². The molecule has 12 rings (SSSR count). The number of phenols is 3. The van der Waals surface area contributed by atoms with Crippen molar-refractivity contribution in [3.05, 3.63) is 117 Å². The lowest BCUT2D eigenvalue weighted by molar-refractivity contribution is -0.333. The molecule has 0 spiro atoms. The van der Waals surface area contributed by atoms with Gasteiger partial charge >= 0.3 is 6.09 Å². The summed E-state index contributed by atoms with van der Waals surface area (Å²) in [7, 11) is 1.32. The lowest BCUT2D eigenvalue weighted by Gasteiger charge is -2.47. The van der Waals surface area contributed by atoms with E-state index in [0.29, 0.717) is 0 Å². The molecular weight excluding hydrogens is 1420 g/mol. The number of amides is 5. The van der Waals surface area contributed by atoms with Gasteiger partial charge in [0.2, 0.25) is 35.7 Å². The highest BCUT2D eigenvalue weighted by atomic mass is 35.5. The summed E-state index contributed by atoms with van der Waals surface area (Å²) in [5.41, 5.74) is 10.0. The Hall–Kier alpha value is -8.76. The number of hydrogen-bond acceptors (Lipinski definition) is 25. The van der Waals surface area contributed by atoms with Gasteiger partial charge in [0.25, 0.3) is 0 Å². The molecule has 5 amide bonds. The van der Waals surface area contributed by atoms with E-state index >= 15 is 19.2 Å². The number of phenolic OH excluding ortho intramolecular Hbond substituents is 3. The molecular formula is C73H86Cl2N6O24. The second-order valence-electron chi connectivity index (χ2n) is 28.2. The van der Waals surface area contributed by atoms with Crippen molar-refractivity contribution in [3.63, 3.8) is 0 Å². The number of aromatic hydroxyl groups is 3. The maximum atomic E-state index is 16.2. The SMILES string of the molecule is CC(C)C[C@H](C(=O)C[C@H]1C(=O)N[C@@H](CC(N)=O)C(=O)C[C@H]2C(=O)N[C@H]3C(=O)C[C@H](C(=O)N[C@H](C)c4cc(O)cc(O)c4-c4cc3ccc4O)[C@H](O)c3ccc(c(Cl)c3)Oc3cc2cc(c3O[C@@H]2O[C@H](CO)[C@@H](O)[C@H](O)[C@H]2O[C@H]2C[C@](C)(N)[C@H](O)[C@H](C)O2)Oc2ccc(cc2Cl)[C@H]1O)N(C)C(=O)OC(C)C. The molecule has 7 aliphatic heterocycles. The normalized spacial score (nSPS) is 29.0. The summed E-state index contributed by atoms with van der Waals surface area (Å²) < 4.78 is 44.1. The lowest BCUT2D eigenvalue weighted by Crippen LogP contribution is -2.64. The van der Waals surface area contributed by atoms with Gasteiger partial charge in [-0.1, -0.05) is 55.2 Å². The van der Waals surface area contributed by atoms with Crippen LogP contribution in [0.3, 0.4) is 0 Å². The number of fused-ring (bicyclic) bond motifs is 15. The molecule has 7 heterocycles. The Bertz CT molecular complexity index is 4180. The van der Waals surface area contributed by atoms with Crippen LogP contribution in [0.2, 0.25) is 10.0 Å². The number of nitrogens with one attached hydrogen (secondary N) is 3. The van der Waals surface area contributed by atoms with E-state index in [0.717, 1.165) is 35.2 Å². The van der Waals surface area contributed by atoms with Crippen LogP contribution in [0.1, 0.15) is 145 Å². The molecule has 0 aliphatic carbocycles. The van der Waals surface area contributed by atoms with Gasteiger partial charge in [0, 0.05) is 55.5 Å². The quantitative estimate of drug-likeness (QED) is 0.0664. The number of aliphatic hydroxyl groups excluding tert-OH is 6. The van der Waals surface area contributed by atoms with E-state index in [2.05, 4.69) is 16.0 Å². The third kappa shape index (κ3) is 17.2. The number of ketones is 3. The first-order chi connectivity index (χ1) is 49.4. The Labute approximate surface area is 612 Å². The Kier molecular flexibility index (Phi) is 24.1. The van der Waals surface area contributed by atoms with Gasteiger partial charge in [0.15, 0.2) is 41.2 Å². The third-order valence-corrected chi connectivity index (χ3v) is 20.0. The lowest BCUT2D eigenvalue weighted by atomic mass is 9.84. The molecule has 30 nitrogen and oxygen atoms in total. The zero-order chi connectivity index (χ0) is 76.7. The molecule has 566 valence electrons. The molecule has 5 aromatic rings. The van der Waals surface area contributed by atoms with Crippen LogP contribution >= 0.6 is 23.2 Å². The molecule has 0 aromatic heterocycles. The van der Waals surface area contributed by atoms with Gasteiger partial charge in [-0.05, 0) is 129 Å². The van der Waals surface area contributed by atoms with Crippen LogP contribution in [0.25, 0.3) is 11.1 Å². The maximum absolute atomic E-state index is 16.2. The first-order valence-electron chi connectivity index (χ1n) is 34.1. The predicted octanol–water partition coefficient (Wildman–Crippen LogP) is 5.37. The summed E-state index contributed by atoms with van der Waals surface area (Å²) in [6, 6.07) is 9.03. The first kappa shape index (κ1) is 78.8. The van der Waals surface area contributed by atoms with Crippen LogP contribution in [0.5, 0.6) is 46.0 Å². The molecule has 11 bridgehead atoms. The van der Waals surface area contributed by atoms with Crippen LogP contribution in [0.4, 0.5) is 4.79 Å². The molecule has 0 unspecified atom stereocenters. The standard InChI is InChI=1S/C73H86Cl2N6O24/c1-29(2)15-46(81(8)72(98)99-30(3)4)49(86)24-41-61(90)34-10-13-52(43(74)17-34)101-54-19-36-20-55(65(54)105-71-66(64(93)63(92)56(28-82)103-71)104-58-27-73(7,77)67(94)32(6)100-58)102-53-14-11-35(18-44(53)75)62(91)42-25-51(88)60(80-68(95)39(36)23-48(85)45(26-57(76)89)79-70(41)97)33-9-12-47(84)40(16-33)59-38(31(5)78-69(42)96)21-37(83)22-50(59)87/h9-14,16-22,29-32,39,41-42,45-46,56,58,60-64,66-67,71,82-84,87,90-94H,15,23-28,77H2,1-8H3,(H2,76,89)(H,78,96)(H,79,97)(H,80,95)/t31-,32+,39-,41-,42+,45+,46-,56-,58+,60-,61-,62-,63-,64+,66-,67-,71+,73+/m1/s1. The monoisotopic (exact) mass is 1500 g/mol. The third-order valence-electron chi connectivity index (χ3n) is 19.4. The number of nitrogens with zero attached hydrogens (tertiary/aromatic N) is 1. The summed E-state index contributed by atoms with van der Waals surface area (Å²) in [6.45, 7) is 10.3. The summed E-state index contributed by atoms with van der Waals surface area (Å²) in [5.74, 6) is -17.3. The highest BCUT2D eigenvalue weighted by Gasteiger charge is 2.52. The Balaban J connectivity index is 1.22. The van der Waals surface area contributed by atoms with Gasteiger partial charge in [0.1, 0.15) is 53.1 Å². The van der Waals surface area contributed by atoms with Gasteiger partial charge in [-0.2, -0.15) is 0 Å². The summed E-state index contributed by atoms with van der Waals surface area (Å²) in [5, 5.41) is 111. The zero-order valence-electron chi connectivity index (χ0n) is 58.4. The molecule has 16 N–H and O–H groups in total.